The molecule has 3 aromatic carbocycles. The molecule has 1 saturated heterocycles. The molecule has 1 aliphatic carbocycles. The molecule has 0 unspecified atom stereocenters. The fourth-order valence-electron chi connectivity index (χ4n) is 8.20. The Bertz CT molecular complexity index is 2090. The molecular weight excluding hydrogens is 721 g/mol. The lowest BCUT2D eigenvalue weighted by molar-refractivity contribution is -0.140. The number of fused-ring (bicyclic) bond motifs is 4. The van der Waals surface area contributed by atoms with E-state index in [9.17, 15) is 22.8 Å². The normalized spacial score (nSPS) is 17.8. The van der Waals surface area contributed by atoms with Crippen LogP contribution < -0.4 is 25.8 Å². The summed E-state index contributed by atoms with van der Waals surface area (Å²) in [7, 11) is -4.10. The van der Waals surface area contributed by atoms with E-state index in [-0.39, 0.29) is 48.7 Å². The number of sulfonamides is 1. The molecular formula is C41H52N6O7S. The van der Waals surface area contributed by atoms with Crippen molar-refractivity contribution in [1.29, 1.82) is 0 Å². The zero-order valence-corrected chi connectivity index (χ0v) is 33.3. The number of benzene rings is 3. The van der Waals surface area contributed by atoms with Crippen molar-refractivity contribution in [1.82, 2.24) is 20.3 Å². The summed E-state index contributed by atoms with van der Waals surface area (Å²) in [6, 6.07) is 14.4. The number of nitrogens with zero attached hydrogens (tertiary/aromatic N) is 2. The van der Waals surface area contributed by atoms with Gasteiger partial charge in [-0.25, -0.2) is 17.9 Å². The summed E-state index contributed by atoms with van der Waals surface area (Å²) in [5.74, 6) is -0.370. The van der Waals surface area contributed by atoms with Crippen LogP contribution in [0.25, 0.3) is 11.1 Å². The molecule has 2 heterocycles. The number of hydrogen-bond acceptors (Lipinski definition) is 8. The van der Waals surface area contributed by atoms with Crippen LogP contribution in [0.1, 0.15) is 85.8 Å². The van der Waals surface area contributed by atoms with Crippen molar-refractivity contribution < 1.29 is 32.3 Å². The lowest BCUT2D eigenvalue weighted by atomic mass is 9.94. The smallest absolute Gasteiger partial charge is 0.407 e. The maximum atomic E-state index is 14.0. The quantitative estimate of drug-likeness (QED) is 0.116. The van der Waals surface area contributed by atoms with Gasteiger partial charge in [0.1, 0.15) is 30.0 Å². The van der Waals surface area contributed by atoms with Crippen LogP contribution >= 0.6 is 0 Å². The summed E-state index contributed by atoms with van der Waals surface area (Å²) in [6.45, 7) is 12.1. The standard InChI is InChI=1S/C41H52N6O7S/c1-7-43-37(48)34-19-13-21-47(34)38(49)33(45-40(50)53-23-32-29-16-10-8-14-27(29)28-15-9-11-17-30(28)32)18-12-20-44-39(42)46-55(51,52)36-25(3)24(2)35-31(26(36)4)22-41(5,6)54-35/h8-11,14-17,32-34H,7,12-13,18-23H2,1-6H3,(H,43,48)(H,45,50)(H3,42,44,46)/t33-,34-/m0/s1. The minimum Gasteiger partial charge on any atom is -0.487 e. The van der Waals surface area contributed by atoms with Crippen molar-refractivity contribution in [2.75, 3.05) is 26.2 Å². The Hall–Kier alpha value is -5.11. The molecule has 14 heteroatoms. The van der Waals surface area contributed by atoms with Crippen LogP contribution in [0.5, 0.6) is 5.75 Å². The Balaban J connectivity index is 1.13. The molecule has 5 N–H and O–H groups in total. The van der Waals surface area contributed by atoms with Crippen LogP contribution in [-0.2, 0) is 30.8 Å². The molecule has 0 spiro atoms. The van der Waals surface area contributed by atoms with Crippen LogP contribution in [0.4, 0.5) is 4.79 Å². The third-order valence-electron chi connectivity index (χ3n) is 10.9. The fourth-order valence-corrected chi connectivity index (χ4v) is 9.72. The zero-order valence-electron chi connectivity index (χ0n) is 32.5. The Morgan fingerprint density at radius 1 is 1.02 bits per heavy atom. The molecule has 294 valence electrons. The third-order valence-corrected chi connectivity index (χ3v) is 12.5. The number of nitrogens with two attached hydrogens (primary N) is 1. The molecule has 13 nitrogen and oxygen atoms in total. The summed E-state index contributed by atoms with van der Waals surface area (Å²) in [5, 5.41) is 5.57. The maximum Gasteiger partial charge on any atom is 0.407 e. The Morgan fingerprint density at radius 3 is 2.33 bits per heavy atom. The number of hydrogen-bond donors (Lipinski definition) is 4. The first-order valence-corrected chi connectivity index (χ1v) is 20.5. The van der Waals surface area contributed by atoms with Gasteiger partial charge in [0.2, 0.25) is 17.8 Å². The number of alkyl carbamates (subject to hydrolysis) is 1. The molecule has 2 atom stereocenters. The van der Waals surface area contributed by atoms with Crippen LogP contribution in [0, 0.1) is 20.8 Å². The van der Waals surface area contributed by atoms with Gasteiger partial charge in [-0.15, -0.1) is 0 Å². The van der Waals surface area contributed by atoms with Gasteiger partial charge in [-0.2, -0.15) is 0 Å². The SMILES string of the molecule is CCNC(=O)[C@@H]1CCCN1C(=O)[C@H](CCCN=C(N)NS(=O)(=O)c1c(C)c(C)c2c(c1C)CC(C)(C)O2)NC(=O)OCC1c2ccccc2-c2ccccc21. The molecule has 0 saturated carbocycles. The van der Waals surface area contributed by atoms with Crippen molar-refractivity contribution in [2.45, 2.75) is 102 Å². The molecule has 3 aromatic rings. The number of likely N-dealkylation sites (N-methyl/N-ethyl adjacent to an activating group) is 1. The van der Waals surface area contributed by atoms with Gasteiger partial charge >= 0.3 is 6.09 Å². The van der Waals surface area contributed by atoms with Gasteiger partial charge < -0.3 is 30.7 Å². The van der Waals surface area contributed by atoms with Gasteiger partial charge in [-0.05, 0) is 106 Å². The van der Waals surface area contributed by atoms with E-state index in [1.165, 1.54) is 4.90 Å². The summed E-state index contributed by atoms with van der Waals surface area (Å²) in [6.07, 6.45) is 1.40. The van der Waals surface area contributed by atoms with Crippen LogP contribution in [0.15, 0.2) is 58.4 Å². The summed E-state index contributed by atoms with van der Waals surface area (Å²) in [5.41, 5.74) is 12.8. The Labute approximate surface area is 323 Å². The average molecular weight is 773 g/mol. The minimum atomic E-state index is -4.10. The molecule has 3 aliphatic rings. The average Bonchev–Trinajstić information content (AvgIpc) is 3.85. The van der Waals surface area contributed by atoms with Crippen LogP contribution in [-0.4, -0.2) is 81.1 Å². The van der Waals surface area contributed by atoms with E-state index in [0.29, 0.717) is 43.5 Å². The number of likely N-dealkylation sites (tertiary alicyclic amines) is 1. The lowest BCUT2D eigenvalue weighted by Crippen LogP contribution is -2.53. The van der Waals surface area contributed by atoms with E-state index in [1.54, 1.807) is 13.8 Å². The molecule has 1 fully saturated rings. The highest BCUT2D eigenvalue weighted by atomic mass is 32.2. The molecule has 0 radical (unpaired) electrons. The van der Waals surface area contributed by atoms with E-state index < -0.39 is 39.7 Å². The number of rotatable bonds is 12. The van der Waals surface area contributed by atoms with Crippen LogP contribution in [0.2, 0.25) is 0 Å². The summed E-state index contributed by atoms with van der Waals surface area (Å²) >= 11 is 0. The number of carbonyl (C=O) groups excluding carboxylic acids is 3. The second-order valence-corrected chi connectivity index (χ2v) is 16.8. The molecule has 3 amide bonds. The van der Waals surface area contributed by atoms with Gasteiger partial charge in [0, 0.05) is 37.5 Å². The van der Waals surface area contributed by atoms with Crippen molar-refractivity contribution in [2.24, 2.45) is 10.7 Å². The van der Waals surface area contributed by atoms with Gasteiger partial charge in [-0.1, -0.05) is 48.5 Å². The van der Waals surface area contributed by atoms with E-state index in [2.05, 4.69) is 32.5 Å². The van der Waals surface area contributed by atoms with Crippen molar-refractivity contribution in [3.05, 3.63) is 81.9 Å². The van der Waals surface area contributed by atoms with Crippen molar-refractivity contribution in [3.8, 4) is 16.9 Å². The van der Waals surface area contributed by atoms with E-state index >= 15 is 0 Å². The number of guanidine groups is 1. The number of amides is 3. The highest BCUT2D eigenvalue weighted by molar-refractivity contribution is 7.90. The Morgan fingerprint density at radius 2 is 1.67 bits per heavy atom. The number of carbonyl (C=O) groups is 3. The number of ether oxygens (including phenoxy) is 2. The van der Waals surface area contributed by atoms with Crippen LogP contribution in [0.3, 0.4) is 0 Å². The minimum absolute atomic E-state index is 0.0630. The number of aliphatic imine (C=N–C) groups is 1. The van der Waals surface area contributed by atoms with Gasteiger partial charge in [0.25, 0.3) is 10.0 Å². The van der Waals surface area contributed by atoms with Gasteiger partial charge in [0.05, 0.1) is 4.90 Å². The predicted octanol–water partition coefficient (Wildman–Crippen LogP) is 4.73. The van der Waals surface area contributed by atoms with E-state index in [4.69, 9.17) is 15.2 Å². The third kappa shape index (κ3) is 8.14. The Kier molecular flexibility index (Phi) is 11.5. The van der Waals surface area contributed by atoms with E-state index in [1.807, 2.05) is 64.1 Å². The molecule has 6 rings (SSSR count). The second kappa shape index (κ2) is 15.9. The highest BCUT2D eigenvalue weighted by Gasteiger charge is 2.39. The largest absolute Gasteiger partial charge is 0.487 e. The molecule has 55 heavy (non-hydrogen) atoms. The predicted molar refractivity (Wildman–Crippen MR) is 211 cm³/mol. The molecule has 0 bridgehead atoms. The first-order valence-electron chi connectivity index (χ1n) is 19.0. The topological polar surface area (TPSA) is 182 Å². The monoisotopic (exact) mass is 772 g/mol. The highest BCUT2D eigenvalue weighted by Crippen LogP contribution is 2.45. The summed E-state index contributed by atoms with van der Waals surface area (Å²) in [4.78, 5) is 46.1. The zero-order chi connectivity index (χ0) is 39.7. The first-order chi connectivity index (χ1) is 26.1. The fraction of sp³-hybridized carbons (Fsp3) is 0.463. The summed E-state index contributed by atoms with van der Waals surface area (Å²) < 4.78 is 41.7. The maximum absolute atomic E-state index is 14.0. The number of nitrogens with one attached hydrogen (secondary N) is 3. The van der Waals surface area contributed by atoms with Crippen molar-refractivity contribution >= 4 is 33.9 Å². The van der Waals surface area contributed by atoms with Gasteiger partial charge in [0.15, 0.2) is 0 Å². The molecule has 2 aliphatic heterocycles. The lowest BCUT2D eigenvalue weighted by Gasteiger charge is -2.28. The molecule has 0 aromatic heterocycles. The van der Waals surface area contributed by atoms with Gasteiger partial charge in [-0.3, -0.25) is 14.6 Å². The van der Waals surface area contributed by atoms with E-state index in [0.717, 1.165) is 39.1 Å². The first kappa shape index (κ1) is 39.6. The second-order valence-electron chi connectivity index (χ2n) is 15.2. The van der Waals surface area contributed by atoms with Crippen molar-refractivity contribution in [3.63, 3.8) is 0 Å².